The summed E-state index contributed by atoms with van der Waals surface area (Å²) in [6, 6.07) is 0.766. The molecule has 134 valence electrons. The van der Waals surface area contributed by atoms with E-state index in [9.17, 15) is 18.0 Å². The fourth-order valence-electron chi connectivity index (χ4n) is 3.20. The summed E-state index contributed by atoms with van der Waals surface area (Å²) in [7, 11) is 0. The van der Waals surface area contributed by atoms with Crippen LogP contribution in [-0.4, -0.2) is 52.6 Å². The monoisotopic (exact) mass is 346 g/mol. The predicted octanol–water partition coefficient (Wildman–Crippen LogP) is 2.43. The van der Waals surface area contributed by atoms with Crippen LogP contribution in [0.3, 0.4) is 0 Å². The van der Waals surface area contributed by atoms with E-state index < -0.39 is 11.9 Å². The summed E-state index contributed by atoms with van der Waals surface area (Å²) in [6.45, 7) is 3.58. The maximum Gasteiger partial charge on any atom is 0.435 e. The number of urea groups is 1. The number of halogens is 3. The summed E-state index contributed by atoms with van der Waals surface area (Å²) < 4.78 is 44.6. The van der Waals surface area contributed by atoms with Gasteiger partial charge in [0.25, 0.3) is 0 Å². The van der Waals surface area contributed by atoms with Crippen molar-refractivity contribution in [2.75, 3.05) is 19.7 Å². The molecule has 0 spiro atoms. The summed E-state index contributed by atoms with van der Waals surface area (Å²) >= 11 is 0. The molecular formula is C15H21F3N4O2. The van der Waals surface area contributed by atoms with Crippen LogP contribution in [0, 0.1) is 0 Å². The molecule has 2 saturated heterocycles. The molecule has 0 saturated carbocycles. The van der Waals surface area contributed by atoms with Crippen molar-refractivity contribution in [3.05, 3.63) is 18.0 Å². The van der Waals surface area contributed by atoms with Gasteiger partial charge in [-0.1, -0.05) is 0 Å². The van der Waals surface area contributed by atoms with E-state index >= 15 is 0 Å². The third kappa shape index (κ3) is 3.66. The van der Waals surface area contributed by atoms with Crippen LogP contribution in [0.5, 0.6) is 0 Å². The summed E-state index contributed by atoms with van der Waals surface area (Å²) in [4.78, 5) is 14.0. The molecule has 2 amide bonds. The molecular weight excluding hydrogens is 325 g/mol. The van der Waals surface area contributed by atoms with Crippen LogP contribution in [-0.2, 0) is 10.9 Å². The Morgan fingerprint density at radius 3 is 2.58 bits per heavy atom. The van der Waals surface area contributed by atoms with Crippen LogP contribution in [0.25, 0.3) is 0 Å². The van der Waals surface area contributed by atoms with E-state index in [4.69, 9.17) is 4.74 Å². The minimum absolute atomic E-state index is 0.0105. The second-order valence-electron chi connectivity index (χ2n) is 6.32. The number of hydrogen-bond acceptors (Lipinski definition) is 3. The number of alkyl halides is 3. The van der Waals surface area contributed by atoms with E-state index in [1.165, 1.54) is 10.9 Å². The third-order valence-electron chi connectivity index (χ3n) is 4.71. The average molecular weight is 346 g/mol. The number of nitrogens with one attached hydrogen (secondary N) is 1. The average Bonchev–Trinajstić information content (AvgIpc) is 3.17. The van der Waals surface area contributed by atoms with E-state index in [0.29, 0.717) is 32.5 Å². The summed E-state index contributed by atoms with van der Waals surface area (Å²) in [6.07, 6.45) is -1.08. The predicted molar refractivity (Wildman–Crippen MR) is 79.4 cm³/mol. The molecule has 9 heteroatoms. The molecule has 2 aliphatic rings. The number of nitrogens with zero attached hydrogens (tertiary/aromatic N) is 3. The highest BCUT2D eigenvalue weighted by Gasteiger charge is 2.35. The molecule has 1 aromatic rings. The first-order chi connectivity index (χ1) is 11.3. The molecule has 2 unspecified atom stereocenters. The van der Waals surface area contributed by atoms with Gasteiger partial charge < -0.3 is 15.0 Å². The number of rotatable bonds is 2. The second-order valence-corrected chi connectivity index (χ2v) is 6.32. The molecule has 24 heavy (non-hydrogen) atoms. The maximum atomic E-state index is 12.6. The minimum atomic E-state index is -4.42. The zero-order valence-electron chi connectivity index (χ0n) is 13.4. The van der Waals surface area contributed by atoms with Crippen molar-refractivity contribution in [3.63, 3.8) is 0 Å². The Balaban J connectivity index is 1.52. The molecule has 0 radical (unpaired) electrons. The number of carbonyl (C=O) groups is 1. The number of aromatic nitrogens is 2. The Morgan fingerprint density at radius 2 is 2.04 bits per heavy atom. The van der Waals surface area contributed by atoms with Crippen molar-refractivity contribution in [2.45, 2.75) is 50.6 Å². The first-order valence-corrected chi connectivity index (χ1v) is 8.14. The third-order valence-corrected chi connectivity index (χ3v) is 4.71. The van der Waals surface area contributed by atoms with Gasteiger partial charge in [0.2, 0.25) is 0 Å². The number of piperidine rings is 1. The van der Waals surface area contributed by atoms with Crippen molar-refractivity contribution < 1.29 is 22.7 Å². The quantitative estimate of drug-likeness (QED) is 0.895. The lowest BCUT2D eigenvalue weighted by Gasteiger charge is -2.33. The smallest absolute Gasteiger partial charge is 0.376 e. The first kappa shape index (κ1) is 17.1. The van der Waals surface area contributed by atoms with Gasteiger partial charge in [-0.3, -0.25) is 4.68 Å². The van der Waals surface area contributed by atoms with Gasteiger partial charge in [-0.15, -0.1) is 0 Å². The first-order valence-electron chi connectivity index (χ1n) is 8.14. The van der Waals surface area contributed by atoms with Crippen LogP contribution in [0.15, 0.2) is 12.3 Å². The lowest BCUT2D eigenvalue weighted by molar-refractivity contribution is -0.141. The lowest BCUT2D eigenvalue weighted by Crippen LogP contribution is -2.49. The van der Waals surface area contributed by atoms with Crippen molar-refractivity contribution in [1.82, 2.24) is 20.0 Å². The van der Waals surface area contributed by atoms with Gasteiger partial charge >= 0.3 is 12.2 Å². The van der Waals surface area contributed by atoms with Gasteiger partial charge in [0.1, 0.15) is 0 Å². The van der Waals surface area contributed by atoms with E-state index in [2.05, 4.69) is 10.4 Å². The van der Waals surface area contributed by atoms with Crippen molar-refractivity contribution in [1.29, 1.82) is 0 Å². The van der Waals surface area contributed by atoms with E-state index in [1.807, 2.05) is 6.92 Å². The molecule has 3 heterocycles. The SMILES string of the molecule is CC1OCCC1NC(=O)N1CCC(n2ccc(C(F)(F)F)n2)CC1. The number of carbonyl (C=O) groups excluding carboxylic acids is 1. The van der Waals surface area contributed by atoms with Gasteiger partial charge in [-0.2, -0.15) is 18.3 Å². The summed E-state index contributed by atoms with van der Waals surface area (Å²) in [5, 5.41) is 6.59. The zero-order valence-corrected chi connectivity index (χ0v) is 13.4. The van der Waals surface area contributed by atoms with Gasteiger partial charge in [-0.05, 0) is 32.3 Å². The molecule has 1 aromatic heterocycles. The van der Waals surface area contributed by atoms with Crippen LogP contribution >= 0.6 is 0 Å². The van der Waals surface area contributed by atoms with Crippen LogP contribution in [0.1, 0.15) is 37.9 Å². The van der Waals surface area contributed by atoms with Gasteiger partial charge in [-0.25, -0.2) is 4.79 Å². The van der Waals surface area contributed by atoms with E-state index in [-0.39, 0.29) is 24.2 Å². The highest BCUT2D eigenvalue weighted by molar-refractivity contribution is 5.74. The number of ether oxygens (including phenoxy) is 1. The standard InChI is InChI=1S/C15H21F3N4O2/c1-10-12(5-9-24-10)19-14(23)21-6-2-11(3-7-21)22-8-4-13(20-22)15(16,17)18/h4,8,10-12H,2-3,5-7,9H2,1H3,(H,19,23). The fourth-order valence-corrected chi connectivity index (χ4v) is 3.20. The number of hydrogen-bond donors (Lipinski definition) is 1. The van der Waals surface area contributed by atoms with Gasteiger partial charge in [0.05, 0.1) is 18.2 Å². The van der Waals surface area contributed by atoms with Crippen LogP contribution < -0.4 is 5.32 Å². The molecule has 2 aliphatic heterocycles. The number of amides is 2. The Labute approximate surface area is 137 Å². The van der Waals surface area contributed by atoms with Crippen molar-refractivity contribution in [2.24, 2.45) is 0 Å². The Hall–Kier alpha value is -1.77. The van der Waals surface area contributed by atoms with Crippen molar-refractivity contribution >= 4 is 6.03 Å². The van der Waals surface area contributed by atoms with Crippen LogP contribution in [0.2, 0.25) is 0 Å². The van der Waals surface area contributed by atoms with Crippen molar-refractivity contribution in [3.8, 4) is 0 Å². The molecule has 6 nitrogen and oxygen atoms in total. The summed E-state index contributed by atoms with van der Waals surface area (Å²) in [5.41, 5.74) is -0.877. The highest BCUT2D eigenvalue weighted by atomic mass is 19.4. The minimum Gasteiger partial charge on any atom is -0.376 e. The molecule has 2 fully saturated rings. The Bertz CT molecular complexity index is 582. The Morgan fingerprint density at radius 1 is 1.33 bits per heavy atom. The van der Waals surface area contributed by atoms with E-state index in [0.717, 1.165) is 12.5 Å². The summed E-state index contributed by atoms with van der Waals surface area (Å²) in [5.74, 6) is 0. The van der Waals surface area contributed by atoms with Gasteiger partial charge in [0, 0.05) is 25.9 Å². The maximum absolute atomic E-state index is 12.6. The molecule has 1 N–H and O–H groups in total. The highest BCUT2D eigenvalue weighted by Crippen LogP contribution is 2.29. The second kappa shape index (κ2) is 6.62. The number of likely N-dealkylation sites (tertiary alicyclic amines) is 1. The van der Waals surface area contributed by atoms with Gasteiger partial charge in [0.15, 0.2) is 5.69 Å². The largest absolute Gasteiger partial charge is 0.435 e. The van der Waals surface area contributed by atoms with Crippen LogP contribution in [0.4, 0.5) is 18.0 Å². The fraction of sp³-hybridized carbons (Fsp3) is 0.733. The molecule has 0 aromatic carbocycles. The molecule has 0 bridgehead atoms. The lowest BCUT2D eigenvalue weighted by atomic mass is 10.1. The van der Waals surface area contributed by atoms with E-state index in [1.54, 1.807) is 4.90 Å². The topological polar surface area (TPSA) is 59.4 Å². The normalized spacial score (nSPS) is 25.9. The molecule has 3 rings (SSSR count). The zero-order chi connectivity index (χ0) is 17.3. The molecule has 2 atom stereocenters. The Kier molecular flexibility index (Phi) is 4.71. The molecule has 0 aliphatic carbocycles.